The third-order valence-electron chi connectivity index (χ3n) is 1.11. The molecule has 0 amide bonds. The van der Waals surface area contributed by atoms with Crippen molar-refractivity contribution in [2.75, 3.05) is 0 Å². The minimum atomic E-state index is -1.22. The minimum absolute atomic E-state index is 0.256. The summed E-state index contributed by atoms with van der Waals surface area (Å²) in [5, 5.41) is 8.42. The molecule has 11 heavy (non-hydrogen) atoms. The number of pyridine rings is 1. The molecule has 1 aromatic heterocycles. The van der Waals surface area contributed by atoms with Crippen molar-refractivity contribution in [3.05, 3.63) is 32.7 Å². The highest BCUT2D eigenvalue weighted by atomic mass is 79.9. The maximum atomic E-state index is 10.9. The summed E-state index contributed by atoms with van der Waals surface area (Å²) in [6, 6.07) is 1.17. The van der Waals surface area contributed by atoms with E-state index in [-0.39, 0.29) is 5.56 Å². The van der Waals surface area contributed by atoms with E-state index < -0.39 is 11.4 Å². The largest absolute Gasteiger partial charge is 0.477 e. The van der Waals surface area contributed by atoms with Gasteiger partial charge in [-0.1, -0.05) is 0 Å². The number of carboxylic acids is 1. The second-order valence-corrected chi connectivity index (χ2v) is 2.72. The fraction of sp³-hybridized carbons (Fsp3) is 0. The number of nitrogens with one attached hydrogen (secondary N) is 1. The van der Waals surface area contributed by atoms with E-state index >= 15 is 0 Å². The van der Waals surface area contributed by atoms with Crippen molar-refractivity contribution in [2.45, 2.75) is 0 Å². The number of H-pyrrole nitrogens is 1. The molecule has 0 unspecified atom stereocenters. The highest BCUT2D eigenvalue weighted by Gasteiger charge is 2.06. The lowest BCUT2D eigenvalue weighted by Gasteiger charge is -1.92. The number of carboxylic acid groups (broad SMARTS) is 1. The summed E-state index contributed by atoms with van der Waals surface area (Å²) >= 11 is 3.00. The minimum Gasteiger partial charge on any atom is -0.477 e. The van der Waals surface area contributed by atoms with Gasteiger partial charge in [0.2, 0.25) is 0 Å². The summed E-state index contributed by atoms with van der Waals surface area (Å²) < 4.78 is 0.465. The quantitative estimate of drug-likeness (QED) is 0.686. The van der Waals surface area contributed by atoms with Gasteiger partial charge in [-0.25, -0.2) is 4.79 Å². The molecule has 4 nitrogen and oxygen atoms in total. The molecule has 1 rings (SSSR count). The Bertz CT molecular complexity index is 344. The molecule has 0 bridgehead atoms. The van der Waals surface area contributed by atoms with Crippen LogP contribution in [0.15, 0.2) is 21.7 Å². The topological polar surface area (TPSA) is 70.2 Å². The van der Waals surface area contributed by atoms with Crippen LogP contribution in [-0.4, -0.2) is 16.1 Å². The predicted molar refractivity (Wildman–Crippen MR) is 41.7 cm³/mol. The van der Waals surface area contributed by atoms with Crippen LogP contribution in [0, 0.1) is 0 Å². The van der Waals surface area contributed by atoms with Crippen molar-refractivity contribution >= 4 is 21.9 Å². The van der Waals surface area contributed by atoms with Gasteiger partial charge in [0.25, 0.3) is 0 Å². The zero-order valence-corrected chi connectivity index (χ0v) is 6.88. The number of aromatic nitrogens is 1. The molecule has 5 heteroatoms. The Morgan fingerprint density at radius 3 is 2.73 bits per heavy atom. The van der Waals surface area contributed by atoms with Crippen molar-refractivity contribution in [1.82, 2.24) is 4.98 Å². The summed E-state index contributed by atoms with van der Waals surface area (Å²) in [5.74, 6) is -1.22. The van der Waals surface area contributed by atoms with E-state index in [2.05, 4.69) is 20.9 Å². The number of carbonyl (C=O) groups is 1. The second-order valence-electron chi connectivity index (χ2n) is 1.86. The average molecular weight is 218 g/mol. The van der Waals surface area contributed by atoms with Crippen LogP contribution in [0.4, 0.5) is 0 Å². The number of halogens is 1. The number of aromatic amines is 1. The summed E-state index contributed by atoms with van der Waals surface area (Å²) in [6.07, 6.45) is 1.15. The number of rotatable bonds is 1. The summed E-state index contributed by atoms with van der Waals surface area (Å²) in [6.45, 7) is 0. The highest BCUT2D eigenvalue weighted by Crippen LogP contribution is 2.00. The molecule has 0 atom stereocenters. The first kappa shape index (κ1) is 8.00. The molecule has 1 heterocycles. The van der Waals surface area contributed by atoms with E-state index in [9.17, 15) is 9.59 Å². The Labute approximate surface area is 70.0 Å². The van der Waals surface area contributed by atoms with Gasteiger partial charge in [-0.2, -0.15) is 0 Å². The number of aromatic carboxylic acids is 1. The standard InChI is InChI=1S/C6H4BrNO3/c7-5-1-4(9)3(2-8-5)6(10)11/h1-2H,(H,8,9)(H,10,11). The van der Waals surface area contributed by atoms with Crippen LogP contribution in [0.5, 0.6) is 0 Å². The summed E-state index contributed by atoms with van der Waals surface area (Å²) in [4.78, 5) is 23.7. The Hall–Kier alpha value is -1.10. The van der Waals surface area contributed by atoms with Gasteiger partial charge in [-0.3, -0.25) is 4.79 Å². The molecular weight excluding hydrogens is 214 g/mol. The van der Waals surface area contributed by atoms with Crippen LogP contribution in [0.1, 0.15) is 10.4 Å². The third-order valence-corrected chi connectivity index (χ3v) is 1.57. The smallest absolute Gasteiger partial charge is 0.341 e. The van der Waals surface area contributed by atoms with Crippen molar-refractivity contribution in [3.8, 4) is 0 Å². The second kappa shape index (κ2) is 2.87. The van der Waals surface area contributed by atoms with E-state index in [0.717, 1.165) is 6.20 Å². The van der Waals surface area contributed by atoms with Crippen LogP contribution in [-0.2, 0) is 0 Å². The maximum Gasteiger partial charge on any atom is 0.341 e. The SMILES string of the molecule is O=C(O)c1c[nH]c(Br)cc1=O. The van der Waals surface area contributed by atoms with Crippen LogP contribution >= 0.6 is 15.9 Å². The van der Waals surface area contributed by atoms with Crippen LogP contribution < -0.4 is 5.43 Å². The van der Waals surface area contributed by atoms with Crippen LogP contribution in [0.2, 0.25) is 0 Å². The van der Waals surface area contributed by atoms with Gasteiger partial charge in [0.15, 0.2) is 5.43 Å². The van der Waals surface area contributed by atoms with Gasteiger partial charge in [0.05, 0.1) is 4.60 Å². The molecule has 0 aliphatic heterocycles. The van der Waals surface area contributed by atoms with Crippen molar-refractivity contribution < 1.29 is 9.90 Å². The molecule has 0 aliphatic rings. The fourth-order valence-electron chi connectivity index (χ4n) is 0.614. The summed E-state index contributed by atoms with van der Waals surface area (Å²) in [5.41, 5.74) is -0.767. The Balaban J connectivity index is 3.32. The Kier molecular flexibility index (Phi) is 2.09. The lowest BCUT2D eigenvalue weighted by atomic mass is 10.3. The van der Waals surface area contributed by atoms with Gasteiger partial charge in [0.1, 0.15) is 5.56 Å². The molecule has 0 aromatic carbocycles. The average Bonchev–Trinajstić information content (AvgIpc) is 1.85. The molecule has 1 aromatic rings. The molecule has 0 aliphatic carbocycles. The zero-order valence-electron chi connectivity index (χ0n) is 5.30. The van der Waals surface area contributed by atoms with Crippen LogP contribution in [0.25, 0.3) is 0 Å². The molecule has 2 N–H and O–H groups in total. The van der Waals surface area contributed by atoms with Crippen molar-refractivity contribution in [2.24, 2.45) is 0 Å². The van der Waals surface area contributed by atoms with Gasteiger partial charge in [0, 0.05) is 12.3 Å². The molecule has 0 saturated carbocycles. The van der Waals surface area contributed by atoms with E-state index in [4.69, 9.17) is 5.11 Å². The van der Waals surface area contributed by atoms with E-state index in [0.29, 0.717) is 4.60 Å². The van der Waals surface area contributed by atoms with Gasteiger partial charge >= 0.3 is 5.97 Å². The van der Waals surface area contributed by atoms with Gasteiger partial charge in [-0.05, 0) is 15.9 Å². The monoisotopic (exact) mass is 217 g/mol. The Morgan fingerprint density at radius 2 is 2.27 bits per heavy atom. The van der Waals surface area contributed by atoms with Crippen molar-refractivity contribution in [3.63, 3.8) is 0 Å². The van der Waals surface area contributed by atoms with Crippen molar-refractivity contribution in [1.29, 1.82) is 0 Å². The molecule has 0 fully saturated rings. The predicted octanol–water partition coefficient (Wildman–Crippen LogP) is 0.836. The lowest BCUT2D eigenvalue weighted by Crippen LogP contribution is -2.13. The van der Waals surface area contributed by atoms with Gasteiger partial charge in [-0.15, -0.1) is 0 Å². The van der Waals surface area contributed by atoms with E-state index in [1.807, 2.05) is 0 Å². The fourth-order valence-corrected chi connectivity index (χ4v) is 0.936. The molecule has 0 radical (unpaired) electrons. The van der Waals surface area contributed by atoms with Gasteiger partial charge < -0.3 is 10.1 Å². The van der Waals surface area contributed by atoms with E-state index in [1.54, 1.807) is 0 Å². The molecular formula is C6H4BrNO3. The van der Waals surface area contributed by atoms with Crippen LogP contribution in [0.3, 0.4) is 0 Å². The Morgan fingerprint density at radius 1 is 1.64 bits per heavy atom. The first-order valence-electron chi connectivity index (χ1n) is 2.73. The lowest BCUT2D eigenvalue weighted by molar-refractivity contribution is 0.0695. The number of hydrogen-bond donors (Lipinski definition) is 2. The zero-order chi connectivity index (χ0) is 8.43. The summed E-state index contributed by atoms with van der Waals surface area (Å²) in [7, 11) is 0. The number of hydrogen-bond acceptors (Lipinski definition) is 2. The normalized spacial score (nSPS) is 9.55. The first-order chi connectivity index (χ1) is 5.11. The first-order valence-corrected chi connectivity index (χ1v) is 3.52. The highest BCUT2D eigenvalue weighted by molar-refractivity contribution is 9.10. The third kappa shape index (κ3) is 1.68. The molecule has 0 saturated heterocycles. The maximum absolute atomic E-state index is 10.9. The molecule has 0 spiro atoms. The van der Waals surface area contributed by atoms with E-state index in [1.165, 1.54) is 6.07 Å². The molecule has 58 valence electrons.